The predicted molar refractivity (Wildman–Crippen MR) is 90.3 cm³/mol. The van der Waals surface area contributed by atoms with Gasteiger partial charge in [0.05, 0.1) is 16.7 Å². The number of furan rings is 1. The van der Waals surface area contributed by atoms with Crippen LogP contribution in [0, 0.1) is 5.92 Å². The standard InChI is InChI=1S/C17H20N2O4S/c1-13-6-9-19(10-7-13)24(21,22)16-4-2-15(3-5-16)18-17(20)14-8-11-23-12-14/h2-5,8,11-13H,6-7,9-10H2,1H3,(H,18,20). The van der Waals surface area contributed by atoms with Crippen molar-refractivity contribution in [3.05, 3.63) is 48.4 Å². The Labute approximate surface area is 141 Å². The van der Waals surface area contributed by atoms with Gasteiger partial charge in [0, 0.05) is 18.8 Å². The van der Waals surface area contributed by atoms with Gasteiger partial charge in [-0.2, -0.15) is 4.31 Å². The minimum Gasteiger partial charge on any atom is -0.472 e. The highest BCUT2D eigenvalue weighted by Gasteiger charge is 2.27. The summed E-state index contributed by atoms with van der Waals surface area (Å²) in [5.41, 5.74) is 0.946. The summed E-state index contributed by atoms with van der Waals surface area (Å²) in [4.78, 5) is 12.2. The van der Waals surface area contributed by atoms with Crippen LogP contribution in [-0.4, -0.2) is 31.7 Å². The number of carbonyl (C=O) groups excluding carboxylic acids is 1. The van der Waals surface area contributed by atoms with Crippen molar-refractivity contribution in [2.45, 2.75) is 24.7 Å². The molecule has 6 nitrogen and oxygen atoms in total. The molecule has 1 aromatic heterocycles. The van der Waals surface area contributed by atoms with Crippen molar-refractivity contribution < 1.29 is 17.6 Å². The summed E-state index contributed by atoms with van der Waals surface area (Å²) in [5, 5.41) is 2.70. The molecule has 0 bridgehead atoms. The van der Waals surface area contributed by atoms with Gasteiger partial charge in [0.15, 0.2) is 0 Å². The van der Waals surface area contributed by atoms with Gasteiger partial charge in [0.25, 0.3) is 5.91 Å². The number of anilines is 1. The number of hydrogen-bond acceptors (Lipinski definition) is 4. The molecular weight excluding hydrogens is 328 g/mol. The molecule has 2 aromatic rings. The van der Waals surface area contributed by atoms with E-state index >= 15 is 0 Å². The molecular formula is C17H20N2O4S. The van der Waals surface area contributed by atoms with Gasteiger partial charge in [-0.15, -0.1) is 0 Å². The van der Waals surface area contributed by atoms with Crippen LogP contribution in [0.3, 0.4) is 0 Å². The largest absolute Gasteiger partial charge is 0.472 e. The van der Waals surface area contributed by atoms with Crippen LogP contribution in [0.25, 0.3) is 0 Å². The molecule has 0 aliphatic carbocycles. The van der Waals surface area contributed by atoms with E-state index in [1.807, 2.05) is 0 Å². The van der Waals surface area contributed by atoms with E-state index in [0.29, 0.717) is 30.3 Å². The molecule has 0 radical (unpaired) electrons. The summed E-state index contributed by atoms with van der Waals surface area (Å²) < 4.78 is 31.7. The van der Waals surface area contributed by atoms with E-state index in [2.05, 4.69) is 12.2 Å². The van der Waals surface area contributed by atoms with Crippen LogP contribution < -0.4 is 5.32 Å². The number of hydrogen-bond donors (Lipinski definition) is 1. The number of benzene rings is 1. The third-order valence-corrected chi connectivity index (χ3v) is 6.19. The second kappa shape index (κ2) is 6.78. The lowest BCUT2D eigenvalue weighted by molar-refractivity contribution is 0.102. The molecule has 24 heavy (non-hydrogen) atoms. The van der Waals surface area contributed by atoms with Gasteiger partial charge >= 0.3 is 0 Å². The zero-order valence-electron chi connectivity index (χ0n) is 13.4. The molecule has 0 atom stereocenters. The van der Waals surface area contributed by atoms with Crippen molar-refractivity contribution in [2.75, 3.05) is 18.4 Å². The van der Waals surface area contributed by atoms with Crippen LogP contribution in [0.15, 0.2) is 52.2 Å². The average Bonchev–Trinajstić information content (AvgIpc) is 3.10. The van der Waals surface area contributed by atoms with Crippen molar-refractivity contribution in [3.8, 4) is 0 Å². The Hall–Kier alpha value is -2.12. The van der Waals surface area contributed by atoms with E-state index in [0.717, 1.165) is 12.8 Å². The third-order valence-electron chi connectivity index (χ3n) is 4.28. The van der Waals surface area contributed by atoms with Gasteiger partial charge in [-0.3, -0.25) is 4.79 Å². The molecule has 3 rings (SSSR count). The molecule has 1 fully saturated rings. The van der Waals surface area contributed by atoms with Crippen LogP contribution in [-0.2, 0) is 10.0 Å². The highest BCUT2D eigenvalue weighted by Crippen LogP contribution is 2.24. The first kappa shape index (κ1) is 16.7. The predicted octanol–water partition coefficient (Wildman–Crippen LogP) is 2.95. The van der Waals surface area contributed by atoms with Crippen LogP contribution >= 0.6 is 0 Å². The summed E-state index contributed by atoms with van der Waals surface area (Å²) in [6.07, 6.45) is 4.55. The molecule has 1 aromatic carbocycles. The molecule has 1 aliphatic heterocycles. The van der Waals surface area contributed by atoms with Gasteiger partial charge in [0.1, 0.15) is 6.26 Å². The van der Waals surface area contributed by atoms with Crippen LogP contribution in [0.1, 0.15) is 30.1 Å². The maximum absolute atomic E-state index is 12.6. The van der Waals surface area contributed by atoms with Crippen molar-refractivity contribution in [1.29, 1.82) is 0 Å². The Morgan fingerprint density at radius 1 is 1.17 bits per heavy atom. The quantitative estimate of drug-likeness (QED) is 0.921. The number of amides is 1. The molecule has 7 heteroatoms. The fourth-order valence-electron chi connectivity index (χ4n) is 2.68. The van der Waals surface area contributed by atoms with E-state index in [-0.39, 0.29) is 10.8 Å². The van der Waals surface area contributed by atoms with Crippen molar-refractivity contribution in [1.82, 2.24) is 4.31 Å². The zero-order valence-corrected chi connectivity index (χ0v) is 14.3. The van der Waals surface area contributed by atoms with Gasteiger partial charge < -0.3 is 9.73 Å². The Morgan fingerprint density at radius 3 is 2.42 bits per heavy atom. The summed E-state index contributed by atoms with van der Waals surface area (Å²) >= 11 is 0. The Morgan fingerprint density at radius 2 is 1.83 bits per heavy atom. The van der Waals surface area contributed by atoms with Gasteiger partial charge in [-0.1, -0.05) is 6.92 Å². The number of piperidine rings is 1. The molecule has 0 saturated carbocycles. The molecule has 128 valence electrons. The Bertz CT molecular complexity index is 790. The summed E-state index contributed by atoms with van der Waals surface area (Å²) in [7, 11) is -3.47. The van der Waals surface area contributed by atoms with Gasteiger partial charge in [-0.05, 0) is 49.1 Å². The highest BCUT2D eigenvalue weighted by atomic mass is 32.2. The Balaban J connectivity index is 1.71. The summed E-state index contributed by atoms with van der Waals surface area (Å²) in [5.74, 6) is 0.265. The number of rotatable bonds is 4. The first-order valence-corrected chi connectivity index (χ1v) is 9.34. The number of sulfonamides is 1. The minimum absolute atomic E-state index is 0.248. The van der Waals surface area contributed by atoms with E-state index in [1.54, 1.807) is 18.2 Å². The lowest BCUT2D eigenvalue weighted by atomic mass is 10.0. The maximum Gasteiger partial charge on any atom is 0.258 e. The van der Waals surface area contributed by atoms with Crippen LogP contribution in [0.5, 0.6) is 0 Å². The number of nitrogens with one attached hydrogen (secondary N) is 1. The van der Waals surface area contributed by atoms with E-state index in [1.165, 1.54) is 29.0 Å². The van der Waals surface area contributed by atoms with Crippen LogP contribution in [0.2, 0.25) is 0 Å². The van der Waals surface area contributed by atoms with Gasteiger partial charge in [0.2, 0.25) is 10.0 Å². The first-order chi connectivity index (χ1) is 11.5. The fraction of sp³-hybridized carbons (Fsp3) is 0.353. The first-order valence-electron chi connectivity index (χ1n) is 7.90. The number of carbonyl (C=O) groups is 1. The molecule has 2 heterocycles. The van der Waals surface area contributed by atoms with E-state index in [4.69, 9.17) is 4.42 Å². The normalized spacial score (nSPS) is 16.9. The molecule has 0 spiro atoms. The van der Waals surface area contributed by atoms with Gasteiger partial charge in [-0.25, -0.2) is 8.42 Å². The minimum atomic E-state index is -3.47. The lowest BCUT2D eigenvalue weighted by Gasteiger charge is -2.29. The second-order valence-corrected chi connectivity index (χ2v) is 8.02. The lowest BCUT2D eigenvalue weighted by Crippen LogP contribution is -2.37. The average molecular weight is 348 g/mol. The highest BCUT2D eigenvalue weighted by molar-refractivity contribution is 7.89. The topological polar surface area (TPSA) is 79.6 Å². The molecule has 1 N–H and O–H groups in total. The second-order valence-electron chi connectivity index (χ2n) is 6.08. The number of nitrogens with zero attached hydrogens (tertiary/aromatic N) is 1. The summed E-state index contributed by atoms with van der Waals surface area (Å²) in [6.45, 7) is 3.26. The van der Waals surface area contributed by atoms with E-state index < -0.39 is 10.0 Å². The Kier molecular flexibility index (Phi) is 4.73. The van der Waals surface area contributed by atoms with Crippen LogP contribution in [0.4, 0.5) is 5.69 Å². The molecule has 0 unspecified atom stereocenters. The monoisotopic (exact) mass is 348 g/mol. The maximum atomic E-state index is 12.6. The molecule has 1 aliphatic rings. The SMILES string of the molecule is CC1CCN(S(=O)(=O)c2ccc(NC(=O)c3ccoc3)cc2)CC1. The smallest absolute Gasteiger partial charge is 0.258 e. The van der Waals surface area contributed by atoms with E-state index in [9.17, 15) is 13.2 Å². The van der Waals surface area contributed by atoms with Crippen molar-refractivity contribution in [2.24, 2.45) is 5.92 Å². The molecule has 1 saturated heterocycles. The summed E-state index contributed by atoms with van der Waals surface area (Å²) in [6, 6.07) is 7.80. The van der Waals surface area contributed by atoms with Crippen molar-refractivity contribution in [3.63, 3.8) is 0 Å². The zero-order chi connectivity index (χ0) is 17.2. The van der Waals surface area contributed by atoms with Crippen molar-refractivity contribution >= 4 is 21.6 Å². The fourth-order valence-corrected chi connectivity index (χ4v) is 4.15. The third kappa shape index (κ3) is 3.52. The molecule has 1 amide bonds.